The van der Waals surface area contributed by atoms with Gasteiger partial charge in [-0.1, -0.05) is 0 Å². The molecule has 0 aliphatic rings. The number of halogens is 2. The first-order valence-electron chi connectivity index (χ1n) is 6.31. The maximum Gasteiger partial charge on any atom is 0.410 e. The summed E-state index contributed by atoms with van der Waals surface area (Å²) >= 11 is 0. The van der Waals surface area contributed by atoms with Crippen molar-refractivity contribution >= 4 is 6.09 Å². The molecule has 21 heavy (non-hydrogen) atoms. The molecular weight excluding hydrogens is 282 g/mol. The van der Waals surface area contributed by atoms with Crippen molar-refractivity contribution in [3.63, 3.8) is 0 Å². The summed E-state index contributed by atoms with van der Waals surface area (Å²) in [7, 11) is 1.51. The third kappa shape index (κ3) is 5.38. The van der Waals surface area contributed by atoms with E-state index >= 15 is 0 Å². The number of hydrogen-bond donors (Lipinski definition) is 0. The number of hydrogen-bond acceptors (Lipinski definition) is 4. The first-order valence-corrected chi connectivity index (χ1v) is 6.31. The number of nitriles is 1. The zero-order valence-corrected chi connectivity index (χ0v) is 12.4. The number of carbonyl (C=O) groups is 1. The molecule has 0 aliphatic heterocycles. The predicted octanol–water partition coefficient (Wildman–Crippen LogP) is 2.39. The van der Waals surface area contributed by atoms with Crippen LogP contribution in [-0.4, -0.2) is 39.8 Å². The van der Waals surface area contributed by atoms with E-state index in [9.17, 15) is 13.6 Å². The minimum absolute atomic E-state index is 0.0305. The highest BCUT2D eigenvalue weighted by atomic mass is 19.3. The molecule has 0 N–H and O–H groups in total. The van der Waals surface area contributed by atoms with Crippen LogP contribution >= 0.6 is 0 Å². The van der Waals surface area contributed by atoms with Crippen LogP contribution in [0.2, 0.25) is 0 Å². The lowest BCUT2D eigenvalue weighted by Gasteiger charge is -2.24. The molecule has 1 amide bonds. The Morgan fingerprint density at radius 3 is 2.67 bits per heavy atom. The molecule has 0 radical (unpaired) electrons. The fourth-order valence-electron chi connectivity index (χ4n) is 1.55. The van der Waals surface area contributed by atoms with Crippen LogP contribution in [0.25, 0.3) is 0 Å². The van der Waals surface area contributed by atoms with Crippen molar-refractivity contribution in [1.29, 1.82) is 5.26 Å². The Morgan fingerprint density at radius 2 is 2.19 bits per heavy atom. The first kappa shape index (κ1) is 16.9. The van der Waals surface area contributed by atoms with Gasteiger partial charge in [-0.25, -0.2) is 18.3 Å². The third-order valence-corrected chi connectivity index (χ3v) is 2.36. The van der Waals surface area contributed by atoms with Crippen molar-refractivity contribution in [2.24, 2.45) is 0 Å². The summed E-state index contributed by atoms with van der Waals surface area (Å²) < 4.78 is 30.8. The fourth-order valence-corrected chi connectivity index (χ4v) is 1.55. The molecule has 1 aromatic rings. The Labute approximate surface area is 121 Å². The number of alkyl halides is 2. The van der Waals surface area contributed by atoms with Gasteiger partial charge in [0, 0.05) is 7.05 Å². The van der Waals surface area contributed by atoms with Crippen LogP contribution in [0, 0.1) is 11.3 Å². The molecule has 6 nitrogen and oxygen atoms in total. The topological polar surface area (TPSA) is 71.2 Å². The van der Waals surface area contributed by atoms with Crippen LogP contribution in [0.15, 0.2) is 6.07 Å². The molecule has 0 fully saturated rings. The lowest BCUT2D eigenvalue weighted by atomic mass is 10.2. The summed E-state index contributed by atoms with van der Waals surface area (Å²) in [5.74, 6) is 0. The summed E-state index contributed by atoms with van der Waals surface area (Å²) in [4.78, 5) is 13.1. The van der Waals surface area contributed by atoms with E-state index in [1.165, 1.54) is 18.0 Å². The monoisotopic (exact) mass is 300 g/mol. The van der Waals surface area contributed by atoms with Gasteiger partial charge in [0.2, 0.25) is 0 Å². The average molecular weight is 300 g/mol. The zero-order chi connectivity index (χ0) is 16.2. The molecular formula is C13H18F2N4O2. The van der Waals surface area contributed by atoms with E-state index in [1.807, 2.05) is 0 Å². The van der Waals surface area contributed by atoms with Gasteiger partial charge in [-0.05, 0) is 26.8 Å². The molecule has 1 aromatic heterocycles. The molecule has 1 rings (SSSR count). The summed E-state index contributed by atoms with van der Waals surface area (Å²) in [5, 5.41) is 12.8. The lowest BCUT2D eigenvalue weighted by molar-refractivity contribution is 0.0282. The van der Waals surface area contributed by atoms with Crippen molar-refractivity contribution in [3.8, 4) is 6.07 Å². The second-order valence-electron chi connectivity index (χ2n) is 5.54. The van der Waals surface area contributed by atoms with Gasteiger partial charge >= 0.3 is 6.09 Å². The van der Waals surface area contributed by atoms with Gasteiger partial charge in [-0.2, -0.15) is 10.4 Å². The fraction of sp³-hybridized carbons (Fsp3) is 0.615. The molecule has 0 saturated carbocycles. The largest absolute Gasteiger partial charge is 0.444 e. The Kier molecular flexibility index (Phi) is 5.24. The van der Waals surface area contributed by atoms with Crippen LogP contribution in [0.3, 0.4) is 0 Å². The van der Waals surface area contributed by atoms with E-state index in [2.05, 4.69) is 5.10 Å². The van der Waals surface area contributed by atoms with E-state index in [4.69, 9.17) is 10.00 Å². The Balaban J connectivity index is 2.77. The Bertz CT molecular complexity index is 543. The molecule has 116 valence electrons. The second-order valence-corrected chi connectivity index (χ2v) is 5.54. The van der Waals surface area contributed by atoms with E-state index in [0.717, 1.165) is 4.68 Å². The summed E-state index contributed by atoms with van der Waals surface area (Å²) in [5.41, 5.74) is -0.249. The van der Waals surface area contributed by atoms with Gasteiger partial charge in [0.1, 0.15) is 23.9 Å². The van der Waals surface area contributed by atoms with E-state index in [-0.39, 0.29) is 12.2 Å². The molecule has 1 heterocycles. The van der Waals surface area contributed by atoms with Crippen molar-refractivity contribution < 1.29 is 18.3 Å². The van der Waals surface area contributed by atoms with Crippen LogP contribution in [0.4, 0.5) is 13.6 Å². The summed E-state index contributed by atoms with van der Waals surface area (Å²) in [6.07, 6.45) is -3.15. The lowest BCUT2D eigenvalue weighted by Crippen LogP contribution is -2.33. The van der Waals surface area contributed by atoms with Crippen LogP contribution in [0.5, 0.6) is 0 Å². The minimum atomic E-state index is -2.60. The molecule has 0 saturated heterocycles. The van der Waals surface area contributed by atoms with Gasteiger partial charge < -0.3 is 9.64 Å². The van der Waals surface area contributed by atoms with Crippen molar-refractivity contribution in [2.45, 2.75) is 45.9 Å². The maximum absolute atomic E-state index is 12.4. The number of carbonyl (C=O) groups excluding carboxylic acids is 1. The summed E-state index contributed by atoms with van der Waals surface area (Å²) in [6, 6.07) is 3.17. The minimum Gasteiger partial charge on any atom is -0.444 e. The third-order valence-electron chi connectivity index (χ3n) is 2.36. The van der Waals surface area contributed by atoms with Crippen molar-refractivity contribution in [1.82, 2.24) is 14.7 Å². The number of rotatable bonds is 4. The maximum atomic E-state index is 12.4. The number of amides is 1. The number of ether oxygens (including phenoxy) is 1. The molecule has 0 unspecified atom stereocenters. The highest BCUT2D eigenvalue weighted by Crippen LogP contribution is 2.12. The van der Waals surface area contributed by atoms with E-state index < -0.39 is 24.7 Å². The van der Waals surface area contributed by atoms with Gasteiger partial charge in [0.15, 0.2) is 0 Å². The number of aromatic nitrogens is 2. The quantitative estimate of drug-likeness (QED) is 0.856. The number of nitrogens with zero attached hydrogens (tertiary/aromatic N) is 4. The molecule has 0 aliphatic carbocycles. The van der Waals surface area contributed by atoms with Crippen molar-refractivity contribution in [2.75, 3.05) is 7.05 Å². The second kappa shape index (κ2) is 6.52. The smallest absolute Gasteiger partial charge is 0.410 e. The van der Waals surface area contributed by atoms with Crippen molar-refractivity contribution in [3.05, 3.63) is 17.5 Å². The molecule has 0 spiro atoms. The molecule has 0 bridgehead atoms. The van der Waals surface area contributed by atoms with Gasteiger partial charge in [-0.3, -0.25) is 0 Å². The zero-order valence-electron chi connectivity index (χ0n) is 12.4. The Hall–Kier alpha value is -2.17. The molecule has 8 heteroatoms. The van der Waals surface area contributed by atoms with Gasteiger partial charge in [0.25, 0.3) is 6.43 Å². The van der Waals surface area contributed by atoms with E-state index in [0.29, 0.717) is 5.69 Å². The van der Waals surface area contributed by atoms with Gasteiger partial charge in [0.05, 0.1) is 12.2 Å². The normalized spacial score (nSPS) is 11.3. The molecule has 0 atom stereocenters. The van der Waals surface area contributed by atoms with Crippen LogP contribution < -0.4 is 0 Å². The van der Waals surface area contributed by atoms with Crippen LogP contribution in [-0.2, 0) is 17.8 Å². The van der Waals surface area contributed by atoms with E-state index in [1.54, 1.807) is 26.8 Å². The first-order chi connectivity index (χ1) is 9.62. The highest BCUT2D eigenvalue weighted by Gasteiger charge is 2.21. The van der Waals surface area contributed by atoms with Gasteiger partial charge in [-0.15, -0.1) is 0 Å². The summed E-state index contributed by atoms with van der Waals surface area (Å²) in [6.45, 7) is 4.64. The predicted molar refractivity (Wildman–Crippen MR) is 70.6 cm³/mol. The Morgan fingerprint density at radius 1 is 1.57 bits per heavy atom. The highest BCUT2D eigenvalue weighted by molar-refractivity contribution is 5.67. The molecule has 0 aromatic carbocycles. The van der Waals surface area contributed by atoms with Crippen LogP contribution in [0.1, 0.15) is 32.2 Å². The SMILES string of the molecule is CN(Cc1cc(C#N)n(CC(F)F)n1)C(=O)OC(C)(C)C. The average Bonchev–Trinajstić information content (AvgIpc) is 2.67. The standard InChI is InChI=1S/C13H18F2N4O2/c1-13(2,3)21-12(20)18(4)7-9-5-10(6-16)19(17-9)8-11(14)15/h5,11H,7-8H2,1-4H3.